The number of aliphatic hydroxyl groups is 1. The van der Waals surface area contributed by atoms with Crippen molar-refractivity contribution >= 4 is 0 Å². The van der Waals surface area contributed by atoms with E-state index in [0.29, 0.717) is 0 Å². The van der Waals surface area contributed by atoms with E-state index in [1.165, 1.54) is 11.4 Å². The average Bonchev–Trinajstić information content (AvgIpc) is 2.78. The monoisotopic (exact) mass is 278 g/mol. The molecule has 2 atom stereocenters. The van der Waals surface area contributed by atoms with Gasteiger partial charge in [0.25, 0.3) is 0 Å². The number of rotatable bonds is 3. The molecule has 0 radical (unpaired) electrons. The second-order valence-electron chi connectivity index (χ2n) is 6.09. The van der Waals surface area contributed by atoms with Crippen molar-refractivity contribution in [3.05, 3.63) is 23.0 Å². The molecule has 4 heteroatoms. The molecule has 0 amide bonds. The number of hydrogen-bond acceptors (Lipinski definition) is 3. The highest BCUT2D eigenvalue weighted by Crippen LogP contribution is 2.32. The maximum Gasteiger partial charge on any atom is 0.0881 e. The van der Waals surface area contributed by atoms with Crippen LogP contribution in [0.5, 0.6) is 0 Å². The lowest BCUT2D eigenvalue weighted by atomic mass is 9.95. The Morgan fingerprint density at radius 1 is 1.45 bits per heavy atom. The molecule has 1 saturated heterocycles. The zero-order valence-electron chi connectivity index (χ0n) is 12.6. The number of ether oxygens (including phenoxy) is 1. The van der Waals surface area contributed by atoms with Crippen molar-refractivity contribution in [1.29, 1.82) is 0 Å². The molecule has 1 aliphatic heterocycles. The van der Waals surface area contributed by atoms with Crippen LogP contribution in [0.15, 0.2) is 6.07 Å². The highest BCUT2D eigenvalue weighted by atomic mass is 16.5. The fourth-order valence-corrected chi connectivity index (χ4v) is 3.58. The fourth-order valence-electron chi connectivity index (χ4n) is 3.58. The lowest BCUT2D eigenvalue weighted by Gasteiger charge is -2.33. The van der Waals surface area contributed by atoms with Crippen LogP contribution in [0.1, 0.15) is 42.8 Å². The van der Waals surface area contributed by atoms with Gasteiger partial charge in [-0.15, -0.1) is 0 Å². The summed E-state index contributed by atoms with van der Waals surface area (Å²) in [5.74, 6) is 0. The summed E-state index contributed by atoms with van der Waals surface area (Å²) < 4.78 is 8.31. The van der Waals surface area contributed by atoms with E-state index >= 15 is 0 Å². The molecule has 112 valence electrons. The van der Waals surface area contributed by atoms with Crippen molar-refractivity contribution in [2.75, 3.05) is 26.2 Å². The largest absolute Gasteiger partial charge is 0.388 e. The van der Waals surface area contributed by atoms with Crippen molar-refractivity contribution in [1.82, 2.24) is 9.47 Å². The zero-order chi connectivity index (χ0) is 14.1. The summed E-state index contributed by atoms with van der Waals surface area (Å²) in [6.45, 7) is 9.28. The summed E-state index contributed by atoms with van der Waals surface area (Å²) in [5.41, 5.74) is 3.74. The van der Waals surface area contributed by atoms with Gasteiger partial charge in [-0.25, -0.2) is 0 Å². The molecule has 1 aromatic rings. The fraction of sp³-hybridized carbons (Fsp3) is 0.750. The van der Waals surface area contributed by atoms with Gasteiger partial charge >= 0.3 is 0 Å². The number of hydrogen-bond donors (Lipinski definition) is 1. The Morgan fingerprint density at radius 2 is 2.30 bits per heavy atom. The van der Waals surface area contributed by atoms with Crippen molar-refractivity contribution in [3.63, 3.8) is 0 Å². The first kappa shape index (κ1) is 14.1. The lowest BCUT2D eigenvalue weighted by molar-refractivity contribution is -0.0348. The van der Waals surface area contributed by atoms with Crippen molar-refractivity contribution in [2.45, 2.75) is 51.9 Å². The van der Waals surface area contributed by atoms with Gasteiger partial charge in [0.2, 0.25) is 0 Å². The van der Waals surface area contributed by atoms with E-state index < -0.39 is 0 Å². The van der Waals surface area contributed by atoms with Gasteiger partial charge in [0.15, 0.2) is 0 Å². The maximum atomic E-state index is 10.1. The summed E-state index contributed by atoms with van der Waals surface area (Å²) >= 11 is 0. The van der Waals surface area contributed by atoms with Gasteiger partial charge in [0.1, 0.15) is 0 Å². The molecule has 2 unspecified atom stereocenters. The summed E-state index contributed by atoms with van der Waals surface area (Å²) in [4.78, 5) is 2.45. The van der Waals surface area contributed by atoms with Crippen LogP contribution in [0.25, 0.3) is 0 Å². The Bertz CT molecular complexity index is 469. The third-order valence-corrected chi connectivity index (χ3v) is 4.76. The first-order valence-corrected chi connectivity index (χ1v) is 7.90. The summed E-state index contributed by atoms with van der Waals surface area (Å²) in [6.07, 6.45) is 3.09. The number of fused-ring (bicyclic) bond motifs is 1. The smallest absolute Gasteiger partial charge is 0.0881 e. The Hall–Kier alpha value is -0.840. The zero-order valence-corrected chi connectivity index (χ0v) is 12.6. The van der Waals surface area contributed by atoms with Gasteiger partial charge < -0.3 is 14.4 Å². The maximum absolute atomic E-state index is 10.1. The van der Waals surface area contributed by atoms with Crippen LogP contribution in [-0.2, 0) is 17.7 Å². The SMILES string of the molecule is CCN1CCOC(Cn2c(C)cc3c2CCCC3O)C1. The van der Waals surface area contributed by atoms with Gasteiger partial charge in [0.05, 0.1) is 25.4 Å². The molecule has 20 heavy (non-hydrogen) atoms. The minimum atomic E-state index is -0.266. The Balaban J connectivity index is 1.77. The van der Waals surface area contributed by atoms with Crippen LogP contribution in [0.3, 0.4) is 0 Å². The van der Waals surface area contributed by atoms with Gasteiger partial charge in [-0.3, -0.25) is 4.90 Å². The highest BCUT2D eigenvalue weighted by molar-refractivity contribution is 5.31. The van der Waals surface area contributed by atoms with E-state index in [9.17, 15) is 5.11 Å². The van der Waals surface area contributed by atoms with E-state index in [1.807, 2.05) is 0 Å². The van der Waals surface area contributed by atoms with Crippen LogP contribution >= 0.6 is 0 Å². The van der Waals surface area contributed by atoms with Crippen LogP contribution in [0.2, 0.25) is 0 Å². The molecule has 3 rings (SSSR count). The molecule has 2 aliphatic rings. The lowest BCUT2D eigenvalue weighted by Crippen LogP contribution is -2.44. The van der Waals surface area contributed by atoms with E-state index in [4.69, 9.17) is 4.74 Å². The molecule has 1 aliphatic carbocycles. The van der Waals surface area contributed by atoms with Crippen molar-refractivity contribution in [2.24, 2.45) is 0 Å². The van der Waals surface area contributed by atoms with Gasteiger partial charge in [-0.2, -0.15) is 0 Å². The first-order chi connectivity index (χ1) is 9.69. The number of aryl methyl sites for hydroxylation is 1. The normalized spacial score (nSPS) is 27.6. The molecule has 0 spiro atoms. The minimum absolute atomic E-state index is 0.266. The number of likely N-dealkylation sites (N-methyl/N-ethyl adjacent to an activating group) is 1. The molecule has 1 fully saturated rings. The quantitative estimate of drug-likeness (QED) is 0.917. The van der Waals surface area contributed by atoms with Crippen molar-refractivity contribution in [3.8, 4) is 0 Å². The summed E-state index contributed by atoms with van der Waals surface area (Å²) in [5, 5.41) is 10.1. The molecular weight excluding hydrogens is 252 g/mol. The van der Waals surface area contributed by atoms with Gasteiger partial charge in [-0.05, 0) is 38.8 Å². The predicted octanol–water partition coefficient (Wildman–Crippen LogP) is 1.89. The Labute approximate surface area is 121 Å². The van der Waals surface area contributed by atoms with Crippen LogP contribution in [0.4, 0.5) is 0 Å². The summed E-state index contributed by atoms with van der Waals surface area (Å²) in [6, 6.07) is 2.17. The predicted molar refractivity (Wildman–Crippen MR) is 78.9 cm³/mol. The molecule has 4 nitrogen and oxygen atoms in total. The van der Waals surface area contributed by atoms with Crippen LogP contribution < -0.4 is 0 Å². The third-order valence-electron chi connectivity index (χ3n) is 4.76. The number of aliphatic hydroxyl groups excluding tert-OH is 1. The van der Waals surface area contributed by atoms with E-state index in [1.54, 1.807) is 0 Å². The molecule has 1 N–H and O–H groups in total. The highest BCUT2D eigenvalue weighted by Gasteiger charge is 2.26. The summed E-state index contributed by atoms with van der Waals surface area (Å²) in [7, 11) is 0. The number of nitrogens with zero attached hydrogens (tertiary/aromatic N) is 2. The molecule has 1 aromatic heterocycles. The second kappa shape index (κ2) is 5.88. The molecule has 0 bridgehead atoms. The van der Waals surface area contributed by atoms with Gasteiger partial charge in [-0.1, -0.05) is 6.92 Å². The minimum Gasteiger partial charge on any atom is -0.388 e. The van der Waals surface area contributed by atoms with Crippen molar-refractivity contribution < 1.29 is 9.84 Å². The molecule has 2 heterocycles. The molecule has 0 saturated carbocycles. The average molecular weight is 278 g/mol. The van der Waals surface area contributed by atoms with Crippen LogP contribution in [0, 0.1) is 6.92 Å². The molecular formula is C16H26N2O2. The Morgan fingerprint density at radius 3 is 3.10 bits per heavy atom. The topological polar surface area (TPSA) is 37.6 Å². The van der Waals surface area contributed by atoms with E-state index in [0.717, 1.165) is 57.6 Å². The first-order valence-electron chi connectivity index (χ1n) is 7.90. The van der Waals surface area contributed by atoms with Gasteiger partial charge in [0, 0.05) is 30.0 Å². The standard InChI is InChI=1S/C16H26N2O2/c1-3-17-7-8-20-13(10-17)11-18-12(2)9-14-15(18)5-4-6-16(14)19/h9,13,16,19H,3-8,10-11H2,1-2H3. The molecule has 0 aromatic carbocycles. The second-order valence-corrected chi connectivity index (χ2v) is 6.09. The Kier molecular flexibility index (Phi) is 4.15. The number of morpholine rings is 1. The third kappa shape index (κ3) is 2.65. The van der Waals surface area contributed by atoms with Crippen LogP contribution in [-0.4, -0.2) is 46.9 Å². The van der Waals surface area contributed by atoms with E-state index in [-0.39, 0.29) is 12.2 Å². The number of aromatic nitrogens is 1. The van der Waals surface area contributed by atoms with E-state index in [2.05, 4.69) is 29.4 Å².